The largest absolute Gasteiger partial charge is 0.482 e. The molecule has 16 heteroatoms. The molecule has 0 unspecified atom stereocenters. The van der Waals surface area contributed by atoms with E-state index in [1.165, 1.54) is 139 Å². The Balaban J connectivity index is 0.000000142. The molecule has 12 aromatic rings. The van der Waals surface area contributed by atoms with Gasteiger partial charge in [-0.15, -0.1) is 0 Å². The number of esters is 4. The number of carbonyl (C=O) groups is 4. The van der Waals surface area contributed by atoms with E-state index in [2.05, 4.69) is 267 Å². The standard InChI is InChI=1S/4C27H31NO3/c4*1-3-30-27(29)18-31-24-15-12-20(13-16-24)22-11-14-23(17-22)28-19(2)25-10-6-8-21-7-4-5-9-26(21)25/h4*4-10,12-13,15-16,19,22-23,28H,3,11,14,17-18H2,1-2H3/t19-,22+,23+;19-,22+,23-;19-,22-,23+;19-,22-,23-/m1111/s1. The third kappa shape index (κ3) is 25.4. The lowest BCUT2D eigenvalue weighted by Gasteiger charge is -2.21. The van der Waals surface area contributed by atoms with Crippen molar-refractivity contribution >= 4 is 67.0 Å². The molecule has 0 aliphatic heterocycles. The van der Waals surface area contributed by atoms with E-state index in [0.29, 0.717) is 121 Å². The van der Waals surface area contributed by atoms with E-state index in [9.17, 15) is 19.2 Å². The van der Waals surface area contributed by atoms with E-state index in [1.54, 1.807) is 27.7 Å². The van der Waals surface area contributed by atoms with Gasteiger partial charge < -0.3 is 59.2 Å². The molecule has 12 atom stereocenters. The number of carbonyl (C=O) groups excluding carboxylic acids is 4. The van der Waals surface area contributed by atoms with Gasteiger partial charge in [0.1, 0.15) is 23.0 Å². The van der Waals surface area contributed by atoms with Crippen LogP contribution in [0.15, 0.2) is 267 Å². The second-order valence-electron chi connectivity index (χ2n) is 33.3. The highest BCUT2D eigenvalue weighted by molar-refractivity contribution is 5.89. The first-order valence-electron chi connectivity index (χ1n) is 45.0. The van der Waals surface area contributed by atoms with Crippen molar-refractivity contribution in [2.24, 2.45) is 0 Å². The van der Waals surface area contributed by atoms with Crippen molar-refractivity contribution in [3.63, 3.8) is 0 Å². The van der Waals surface area contributed by atoms with Crippen LogP contribution in [0.3, 0.4) is 0 Å². The first kappa shape index (κ1) is 90.3. The van der Waals surface area contributed by atoms with Crippen molar-refractivity contribution in [3.8, 4) is 23.0 Å². The lowest BCUT2D eigenvalue weighted by Crippen LogP contribution is -2.29. The average Bonchev–Trinajstić information content (AvgIpc) is 1.45. The first-order chi connectivity index (χ1) is 60.5. The maximum atomic E-state index is 11.4. The van der Waals surface area contributed by atoms with Crippen LogP contribution in [0.1, 0.15) is 225 Å². The maximum Gasteiger partial charge on any atom is 0.344 e. The molecule has 4 saturated carbocycles. The second-order valence-corrected chi connectivity index (χ2v) is 33.3. The first-order valence-corrected chi connectivity index (χ1v) is 45.0. The van der Waals surface area contributed by atoms with Gasteiger partial charge in [-0.05, 0) is 292 Å². The van der Waals surface area contributed by atoms with Crippen LogP contribution in [0, 0.1) is 0 Å². The van der Waals surface area contributed by atoms with E-state index >= 15 is 0 Å². The molecule has 0 spiro atoms. The fraction of sp³-hybridized carbons (Fsp3) is 0.370. The monoisotopic (exact) mass is 1670 g/mol. The number of nitrogens with one attached hydrogen (secondary N) is 4. The van der Waals surface area contributed by atoms with Crippen molar-refractivity contribution in [2.45, 2.75) is 204 Å². The van der Waals surface area contributed by atoms with Gasteiger partial charge in [-0.1, -0.05) is 218 Å². The van der Waals surface area contributed by atoms with Gasteiger partial charge in [0.05, 0.1) is 26.4 Å². The molecule has 0 amide bonds. The van der Waals surface area contributed by atoms with Gasteiger partial charge >= 0.3 is 23.9 Å². The quantitative estimate of drug-likeness (QED) is 0.0230. The molecule has 4 fully saturated rings. The molecule has 648 valence electrons. The number of benzene rings is 12. The number of hydrogen-bond donors (Lipinski definition) is 4. The van der Waals surface area contributed by atoms with Gasteiger partial charge in [0, 0.05) is 48.3 Å². The highest BCUT2D eigenvalue weighted by Gasteiger charge is 2.32. The van der Waals surface area contributed by atoms with Crippen molar-refractivity contribution in [3.05, 3.63) is 311 Å². The zero-order chi connectivity index (χ0) is 86.5. The predicted molar refractivity (Wildman–Crippen MR) is 498 cm³/mol. The molecule has 16 nitrogen and oxygen atoms in total. The number of fused-ring (bicyclic) bond motifs is 4. The molecular formula is C108H124N4O12. The van der Waals surface area contributed by atoms with Gasteiger partial charge in [0.25, 0.3) is 0 Å². The van der Waals surface area contributed by atoms with Crippen molar-refractivity contribution in [1.29, 1.82) is 0 Å². The average molecular weight is 1670 g/mol. The summed E-state index contributed by atoms with van der Waals surface area (Å²) in [7, 11) is 0. The van der Waals surface area contributed by atoms with Crippen LogP contribution in [0.25, 0.3) is 43.1 Å². The zero-order valence-electron chi connectivity index (χ0n) is 73.4. The molecule has 0 radical (unpaired) electrons. The molecule has 12 aromatic carbocycles. The Kier molecular flexibility index (Phi) is 33.4. The molecule has 0 saturated heterocycles. The summed E-state index contributed by atoms with van der Waals surface area (Å²) >= 11 is 0. The molecule has 0 bridgehead atoms. The maximum absolute atomic E-state index is 11.4. The minimum Gasteiger partial charge on any atom is -0.482 e. The topological polar surface area (TPSA) is 190 Å². The summed E-state index contributed by atoms with van der Waals surface area (Å²) in [4.78, 5) is 45.7. The Morgan fingerprint density at radius 1 is 0.258 bits per heavy atom. The number of rotatable bonds is 32. The molecule has 4 N–H and O–H groups in total. The highest BCUT2D eigenvalue weighted by atomic mass is 16.6. The van der Waals surface area contributed by atoms with E-state index in [1.807, 2.05) is 48.5 Å². The van der Waals surface area contributed by atoms with Crippen molar-refractivity contribution < 1.29 is 57.1 Å². The number of ether oxygens (including phenoxy) is 8. The fourth-order valence-electron chi connectivity index (χ4n) is 18.8. The van der Waals surface area contributed by atoms with Crippen LogP contribution in [-0.2, 0) is 38.1 Å². The molecule has 4 aliphatic carbocycles. The predicted octanol–water partition coefficient (Wildman–Crippen LogP) is 23.1. The summed E-state index contributed by atoms with van der Waals surface area (Å²) in [5, 5.41) is 26.0. The molecule has 124 heavy (non-hydrogen) atoms. The summed E-state index contributed by atoms with van der Waals surface area (Å²) < 4.78 is 41.6. The zero-order valence-corrected chi connectivity index (χ0v) is 73.4. The minimum atomic E-state index is -0.336. The van der Waals surface area contributed by atoms with E-state index < -0.39 is 0 Å². The van der Waals surface area contributed by atoms with Gasteiger partial charge in [-0.3, -0.25) is 0 Å². The molecule has 4 aliphatic rings. The summed E-state index contributed by atoms with van der Waals surface area (Å²) in [5.41, 5.74) is 10.8. The van der Waals surface area contributed by atoms with E-state index in [-0.39, 0.29) is 50.3 Å². The number of hydrogen-bond acceptors (Lipinski definition) is 16. The lowest BCUT2D eigenvalue weighted by atomic mass is 9.96. The van der Waals surface area contributed by atoms with Crippen LogP contribution in [0.5, 0.6) is 23.0 Å². The lowest BCUT2D eigenvalue weighted by molar-refractivity contribution is -0.146. The summed E-state index contributed by atoms with van der Waals surface area (Å²) in [5.74, 6) is 3.67. The molecule has 0 heterocycles. The summed E-state index contributed by atoms with van der Waals surface area (Å²) in [6.07, 6.45) is 14.0. The van der Waals surface area contributed by atoms with Crippen LogP contribution < -0.4 is 40.2 Å². The van der Waals surface area contributed by atoms with E-state index in [4.69, 9.17) is 37.9 Å². The minimum absolute atomic E-state index is 0.0470. The van der Waals surface area contributed by atoms with Gasteiger partial charge in [0.2, 0.25) is 0 Å². The van der Waals surface area contributed by atoms with Gasteiger partial charge in [0.15, 0.2) is 26.4 Å². The third-order valence-electron chi connectivity index (χ3n) is 24.9. The second kappa shape index (κ2) is 45.8. The van der Waals surface area contributed by atoms with E-state index in [0.717, 1.165) is 25.7 Å². The Labute approximate surface area is 732 Å². The normalized spacial score (nSPS) is 19.3. The fourth-order valence-corrected chi connectivity index (χ4v) is 18.8. The molecule has 0 aromatic heterocycles. The SMILES string of the molecule is CCOC(=O)COc1ccc([C@@H]2CC[C@@H](N[C@H](C)c3cccc4ccccc34)C2)cc1.CCOC(=O)COc1ccc([C@@H]2CC[C@H](N[C@H](C)c3cccc4ccccc34)C2)cc1.CCOC(=O)COc1ccc([C@H]2CC[C@@H](N[C@H](C)c3cccc4ccccc34)C2)cc1.CCOC(=O)COc1ccc([C@H]2CC[C@H](N[C@H](C)c3cccc4ccccc34)C2)cc1. The Hall–Kier alpha value is -11.4. The van der Waals surface area contributed by atoms with Crippen LogP contribution in [0.4, 0.5) is 0 Å². The van der Waals surface area contributed by atoms with Gasteiger partial charge in [-0.25, -0.2) is 19.2 Å². The summed E-state index contributed by atoms with van der Waals surface area (Å²) in [6.45, 7) is 17.5. The van der Waals surface area contributed by atoms with Crippen LogP contribution >= 0.6 is 0 Å². The smallest absolute Gasteiger partial charge is 0.344 e. The van der Waals surface area contributed by atoms with Gasteiger partial charge in [-0.2, -0.15) is 0 Å². The third-order valence-corrected chi connectivity index (χ3v) is 24.9. The molecule has 16 rings (SSSR count). The van der Waals surface area contributed by atoms with Crippen LogP contribution in [-0.4, -0.2) is 101 Å². The van der Waals surface area contributed by atoms with Crippen molar-refractivity contribution in [1.82, 2.24) is 21.3 Å². The summed E-state index contributed by atoms with van der Waals surface area (Å²) in [6, 6.07) is 96.6. The Morgan fingerprint density at radius 2 is 0.452 bits per heavy atom. The highest BCUT2D eigenvalue weighted by Crippen LogP contribution is 2.42. The van der Waals surface area contributed by atoms with Crippen LogP contribution in [0.2, 0.25) is 0 Å². The Morgan fingerprint density at radius 3 is 0.653 bits per heavy atom. The molecular weight excluding hydrogens is 1550 g/mol. The van der Waals surface area contributed by atoms with Crippen molar-refractivity contribution in [2.75, 3.05) is 52.9 Å². The Bertz CT molecular complexity index is 4700.